The predicted octanol–water partition coefficient (Wildman–Crippen LogP) is -0.0867. The van der Waals surface area contributed by atoms with Gasteiger partial charge in [-0.25, -0.2) is 0 Å². The summed E-state index contributed by atoms with van der Waals surface area (Å²) in [6, 6.07) is -0.507. The van der Waals surface area contributed by atoms with E-state index in [1.165, 1.54) is 0 Å². The quantitative estimate of drug-likeness (QED) is 0.606. The van der Waals surface area contributed by atoms with E-state index in [1.54, 1.807) is 6.92 Å². The SMILES string of the molecule is CCOC(=O)[C@@H](N)C1CCOC1. The van der Waals surface area contributed by atoms with Crippen LogP contribution in [0.15, 0.2) is 0 Å². The van der Waals surface area contributed by atoms with E-state index >= 15 is 0 Å². The molecule has 1 aliphatic rings. The normalized spacial score (nSPS) is 25.3. The summed E-state index contributed by atoms with van der Waals surface area (Å²) < 4.78 is 9.92. The Kier molecular flexibility index (Phi) is 3.49. The van der Waals surface area contributed by atoms with Crippen molar-refractivity contribution in [3.63, 3.8) is 0 Å². The number of nitrogens with two attached hydrogens (primary N) is 1. The van der Waals surface area contributed by atoms with Crippen molar-refractivity contribution in [1.82, 2.24) is 0 Å². The lowest BCUT2D eigenvalue weighted by Crippen LogP contribution is -2.39. The van der Waals surface area contributed by atoms with Gasteiger partial charge in [0.1, 0.15) is 6.04 Å². The minimum Gasteiger partial charge on any atom is -0.465 e. The molecule has 0 aliphatic carbocycles. The van der Waals surface area contributed by atoms with Crippen LogP contribution in [0.25, 0.3) is 0 Å². The molecule has 2 atom stereocenters. The monoisotopic (exact) mass is 173 g/mol. The maximum Gasteiger partial charge on any atom is 0.323 e. The zero-order valence-corrected chi connectivity index (χ0v) is 7.29. The zero-order valence-electron chi connectivity index (χ0n) is 7.29. The first kappa shape index (κ1) is 9.48. The second-order valence-corrected chi connectivity index (χ2v) is 2.90. The third kappa shape index (κ3) is 2.19. The van der Waals surface area contributed by atoms with Gasteiger partial charge in [-0.1, -0.05) is 0 Å². The molecule has 1 fully saturated rings. The third-order valence-electron chi connectivity index (χ3n) is 2.03. The highest BCUT2D eigenvalue weighted by atomic mass is 16.5. The zero-order chi connectivity index (χ0) is 8.97. The highest BCUT2D eigenvalue weighted by Crippen LogP contribution is 2.15. The van der Waals surface area contributed by atoms with Gasteiger partial charge in [0.25, 0.3) is 0 Å². The van der Waals surface area contributed by atoms with Crippen LogP contribution in [0.5, 0.6) is 0 Å². The molecule has 4 heteroatoms. The van der Waals surface area contributed by atoms with Gasteiger partial charge in [-0.2, -0.15) is 0 Å². The fourth-order valence-electron chi connectivity index (χ4n) is 1.27. The average molecular weight is 173 g/mol. The first-order valence-electron chi connectivity index (χ1n) is 4.25. The number of carbonyl (C=O) groups excluding carboxylic acids is 1. The van der Waals surface area contributed by atoms with E-state index in [2.05, 4.69) is 0 Å². The van der Waals surface area contributed by atoms with Crippen LogP contribution in [-0.2, 0) is 14.3 Å². The molecule has 0 radical (unpaired) electrons. The van der Waals surface area contributed by atoms with Gasteiger partial charge in [-0.3, -0.25) is 4.79 Å². The molecular weight excluding hydrogens is 158 g/mol. The third-order valence-corrected chi connectivity index (χ3v) is 2.03. The number of hydrogen-bond donors (Lipinski definition) is 1. The van der Waals surface area contributed by atoms with Gasteiger partial charge in [0.2, 0.25) is 0 Å². The summed E-state index contributed by atoms with van der Waals surface area (Å²) in [7, 11) is 0. The van der Waals surface area contributed by atoms with Gasteiger partial charge in [0, 0.05) is 12.5 Å². The molecule has 70 valence electrons. The lowest BCUT2D eigenvalue weighted by atomic mass is 10.0. The second-order valence-electron chi connectivity index (χ2n) is 2.90. The molecule has 1 aliphatic heterocycles. The summed E-state index contributed by atoms with van der Waals surface area (Å²) >= 11 is 0. The van der Waals surface area contributed by atoms with Crippen LogP contribution in [0.4, 0.5) is 0 Å². The van der Waals surface area contributed by atoms with Gasteiger partial charge in [-0.15, -0.1) is 0 Å². The molecule has 0 bridgehead atoms. The molecule has 12 heavy (non-hydrogen) atoms. The molecule has 1 rings (SSSR count). The first-order valence-corrected chi connectivity index (χ1v) is 4.25. The van der Waals surface area contributed by atoms with Crippen molar-refractivity contribution in [3.05, 3.63) is 0 Å². The lowest BCUT2D eigenvalue weighted by Gasteiger charge is -2.15. The van der Waals surface area contributed by atoms with Crippen LogP contribution in [0.3, 0.4) is 0 Å². The van der Waals surface area contributed by atoms with Gasteiger partial charge >= 0.3 is 5.97 Å². The minimum absolute atomic E-state index is 0.143. The summed E-state index contributed by atoms with van der Waals surface area (Å²) in [6.07, 6.45) is 0.861. The predicted molar refractivity (Wildman–Crippen MR) is 43.5 cm³/mol. The molecule has 0 aromatic rings. The molecule has 0 aromatic heterocycles. The van der Waals surface area contributed by atoms with Crippen LogP contribution in [-0.4, -0.2) is 31.8 Å². The number of hydrogen-bond acceptors (Lipinski definition) is 4. The van der Waals surface area contributed by atoms with Crippen molar-refractivity contribution in [2.24, 2.45) is 11.7 Å². The van der Waals surface area contributed by atoms with Gasteiger partial charge in [-0.05, 0) is 13.3 Å². The number of carbonyl (C=O) groups is 1. The van der Waals surface area contributed by atoms with Crippen LogP contribution in [0.1, 0.15) is 13.3 Å². The fourth-order valence-corrected chi connectivity index (χ4v) is 1.27. The largest absolute Gasteiger partial charge is 0.465 e. The molecule has 0 saturated carbocycles. The number of ether oxygens (including phenoxy) is 2. The Bertz CT molecular complexity index is 154. The molecule has 0 aromatic carbocycles. The van der Waals surface area contributed by atoms with E-state index in [9.17, 15) is 4.79 Å². The van der Waals surface area contributed by atoms with Crippen LogP contribution in [0.2, 0.25) is 0 Å². The van der Waals surface area contributed by atoms with E-state index in [0.29, 0.717) is 19.8 Å². The summed E-state index contributed by atoms with van der Waals surface area (Å²) in [5.74, 6) is -0.169. The molecule has 1 unspecified atom stereocenters. The summed E-state index contributed by atoms with van der Waals surface area (Å²) in [5.41, 5.74) is 5.65. The topological polar surface area (TPSA) is 61.5 Å². The van der Waals surface area contributed by atoms with Crippen molar-refractivity contribution in [3.8, 4) is 0 Å². The van der Waals surface area contributed by atoms with Gasteiger partial charge < -0.3 is 15.2 Å². The molecule has 1 heterocycles. The van der Waals surface area contributed by atoms with E-state index in [4.69, 9.17) is 15.2 Å². The molecule has 0 amide bonds. The lowest BCUT2D eigenvalue weighted by molar-refractivity contribution is -0.146. The highest BCUT2D eigenvalue weighted by Gasteiger charge is 2.28. The Morgan fingerprint density at radius 1 is 1.83 bits per heavy atom. The smallest absolute Gasteiger partial charge is 0.323 e. The first-order chi connectivity index (χ1) is 5.75. The standard InChI is InChI=1S/C8H15NO3/c1-2-12-8(10)7(9)6-3-4-11-5-6/h6-7H,2-5,9H2,1H3/t6?,7-/m0/s1. The van der Waals surface area contributed by atoms with E-state index in [-0.39, 0.29) is 11.9 Å². The van der Waals surface area contributed by atoms with Crippen molar-refractivity contribution in [1.29, 1.82) is 0 Å². The summed E-state index contributed by atoms with van der Waals surface area (Å²) in [5, 5.41) is 0. The fraction of sp³-hybridized carbons (Fsp3) is 0.875. The second kappa shape index (κ2) is 4.42. The van der Waals surface area contributed by atoms with Crippen molar-refractivity contribution >= 4 is 5.97 Å². The molecular formula is C8H15NO3. The summed E-state index contributed by atoms with van der Waals surface area (Å²) in [4.78, 5) is 11.1. The Labute approximate surface area is 72.0 Å². The van der Waals surface area contributed by atoms with Crippen LogP contribution >= 0.6 is 0 Å². The van der Waals surface area contributed by atoms with E-state index in [0.717, 1.165) is 6.42 Å². The molecule has 1 saturated heterocycles. The van der Waals surface area contributed by atoms with Crippen molar-refractivity contribution in [2.75, 3.05) is 19.8 Å². The maximum absolute atomic E-state index is 11.1. The van der Waals surface area contributed by atoms with E-state index in [1.807, 2.05) is 0 Å². The van der Waals surface area contributed by atoms with Gasteiger partial charge in [0.15, 0.2) is 0 Å². The van der Waals surface area contributed by atoms with Crippen molar-refractivity contribution < 1.29 is 14.3 Å². The highest BCUT2D eigenvalue weighted by molar-refractivity contribution is 5.75. The summed E-state index contributed by atoms with van der Waals surface area (Å²) in [6.45, 7) is 3.45. The molecule has 2 N–H and O–H groups in total. The Hall–Kier alpha value is -0.610. The average Bonchev–Trinajstić information content (AvgIpc) is 2.55. The minimum atomic E-state index is -0.507. The maximum atomic E-state index is 11.1. The van der Waals surface area contributed by atoms with Crippen molar-refractivity contribution in [2.45, 2.75) is 19.4 Å². The molecule has 4 nitrogen and oxygen atoms in total. The number of esters is 1. The Morgan fingerprint density at radius 3 is 3.08 bits per heavy atom. The van der Waals surface area contributed by atoms with Crippen LogP contribution in [0, 0.1) is 5.92 Å². The van der Waals surface area contributed by atoms with Crippen LogP contribution < -0.4 is 5.73 Å². The Morgan fingerprint density at radius 2 is 2.58 bits per heavy atom. The Balaban J connectivity index is 2.34. The molecule has 0 spiro atoms. The van der Waals surface area contributed by atoms with E-state index < -0.39 is 6.04 Å². The number of rotatable bonds is 3. The van der Waals surface area contributed by atoms with Gasteiger partial charge in [0.05, 0.1) is 13.2 Å².